The van der Waals surface area contributed by atoms with Gasteiger partial charge in [0, 0.05) is 11.6 Å². The van der Waals surface area contributed by atoms with Crippen LogP contribution in [0.2, 0.25) is 0 Å². The molecule has 6 heteroatoms. The van der Waals surface area contributed by atoms with Gasteiger partial charge in [0.25, 0.3) is 11.7 Å². The number of benzene rings is 2. The molecule has 1 saturated carbocycles. The van der Waals surface area contributed by atoms with Gasteiger partial charge in [-0.2, -0.15) is 0 Å². The van der Waals surface area contributed by atoms with Gasteiger partial charge in [0.1, 0.15) is 17.3 Å². The third-order valence-electron chi connectivity index (χ3n) is 6.41. The molecule has 1 atom stereocenters. The number of ketones is 1. The SMILES string of the molecule is COc1ccc(/C(O)=C2\C(=O)C(=O)N(C3CCCC3)C2c2cccc(OC(C)C)c2)cc1C. The lowest BCUT2D eigenvalue weighted by Crippen LogP contribution is -2.37. The fourth-order valence-electron chi connectivity index (χ4n) is 4.95. The van der Waals surface area contributed by atoms with Crippen molar-refractivity contribution < 1.29 is 24.2 Å². The average molecular weight is 450 g/mol. The number of aryl methyl sites for hydroxylation is 1. The van der Waals surface area contributed by atoms with Crippen molar-refractivity contribution >= 4 is 17.4 Å². The summed E-state index contributed by atoms with van der Waals surface area (Å²) in [6, 6.07) is 12.0. The van der Waals surface area contributed by atoms with E-state index < -0.39 is 17.7 Å². The van der Waals surface area contributed by atoms with Gasteiger partial charge in [-0.15, -0.1) is 0 Å². The first-order valence-electron chi connectivity index (χ1n) is 11.5. The van der Waals surface area contributed by atoms with E-state index in [0.29, 0.717) is 17.1 Å². The summed E-state index contributed by atoms with van der Waals surface area (Å²) in [5.41, 5.74) is 2.19. The van der Waals surface area contributed by atoms with E-state index in [1.807, 2.05) is 45.0 Å². The first-order chi connectivity index (χ1) is 15.8. The highest BCUT2D eigenvalue weighted by molar-refractivity contribution is 6.46. The summed E-state index contributed by atoms with van der Waals surface area (Å²) in [6.07, 6.45) is 3.74. The normalized spacial score (nSPS) is 20.6. The van der Waals surface area contributed by atoms with Crippen LogP contribution < -0.4 is 9.47 Å². The fourth-order valence-corrected chi connectivity index (χ4v) is 4.95. The zero-order valence-electron chi connectivity index (χ0n) is 19.6. The van der Waals surface area contributed by atoms with Crippen LogP contribution in [0.5, 0.6) is 11.5 Å². The Labute approximate surface area is 194 Å². The van der Waals surface area contributed by atoms with Crippen molar-refractivity contribution in [3.63, 3.8) is 0 Å². The standard InChI is InChI=1S/C27H31NO5/c1-16(2)33-21-11-7-8-18(15-21)24-23(25(29)19-12-13-22(32-4)17(3)14-19)26(30)27(31)28(24)20-9-5-6-10-20/h7-8,11-16,20,24,29H,5-6,9-10H2,1-4H3/b25-23+. The van der Waals surface area contributed by atoms with Crippen LogP contribution in [0.3, 0.4) is 0 Å². The zero-order chi connectivity index (χ0) is 23.7. The molecule has 33 heavy (non-hydrogen) atoms. The Morgan fingerprint density at radius 2 is 1.82 bits per heavy atom. The summed E-state index contributed by atoms with van der Waals surface area (Å²) >= 11 is 0. The van der Waals surface area contributed by atoms with E-state index in [4.69, 9.17) is 9.47 Å². The van der Waals surface area contributed by atoms with Gasteiger partial charge in [0.05, 0.1) is 24.8 Å². The number of carbonyl (C=O) groups excluding carboxylic acids is 2. The number of likely N-dealkylation sites (tertiary alicyclic amines) is 1. The summed E-state index contributed by atoms with van der Waals surface area (Å²) in [5, 5.41) is 11.3. The van der Waals surface area contributed by atoms with Crippen LogP contribution in [0, 0.1) is 6.92 Å². The van der Waals surface area contributed by atoms with Crippen molar-refractivity contribution in [1.29, 1.82) is 0 Å². The molecule has 2 aromatic carbocycles. The van der Waals surface area contributed by atoms with Gasteiger partial charge in [-0.25, -0.2) is 0 Å². The van der Waals surface area contributed by atoms with E-state index in [1.165, 1.54) is 0 Å². The summed E-state index contributed by atoms with van der Waals surface area (Å²) in [5.74, 6) is -0.00505. The van der Waals surface area contributed by atoms with Gasteiger partial charge in [-0.1, -0.05) is 25.0 Å². The minimum absolute atomic E-state index is 0.0104. The number of methoxy groups -OCH3 is 1. The largest absolute Gasteiger partial charge is 0.507 e. The highest BCUT2D eigenvalue weighted by Crippen LogP contribution is 2.44. The highest BCUT2D eigenvalue weighted by Gasteiger charge is 2.49. The summed E-state index contributed by atoms with van der Waals surface area (Å²) < 4.78 is 11.2. The maximum atomic E-state index is 13.3. The van der Waals surface area contributed by atoms with Crippen LogP contribution in [0.1, 0.15) is 62.3 Å². The number of nitrogens with zero attached hydrogens (tertiary/aromatic N) is 1. The van der Waals surface area contributed by atoms with Crippen molar-refractivity contribution in [2.24, 2.45) is 0 Å². The van der Waals surface area contributed by atoms with Gasteiger partial charge in [-0.05, 0) is 75.1 Å². The lowest BCUT2D eigenvalue weighted by Gasteiger charge is -2.31. The molecule has 0 spiro atoms. The molecule has 174 valence electrons. The zero-order valence-corrected chi connectivity index (χ0v) is 19.6. The third-order valence-corrected chi connectivity index (χ3v) is 6.41. The molecule has 2 aliphatic rings. The maximum absolute atomic E-state index is 13.3. The molecule has 4 rings (SSSR count). The molecular formula is C27H31NO5. The Balaban J connectivity index is 1.87. The summed E-state index contributed by atoms with van der Waals surface area (Å²) in [6.45, 7) is 5.77. The van der Waals surface area contributed by atoms with Crippen molar-refractivity contribution in [3.05, 3.63) is 64.7 Å². The quantitative estimate of drug-likeness (QED) is 0.375. The van der Waals surface area contributed by atoms with Crippen LogP contribution in [-0.4, -0.2) is 41.0 Å². The number of rotatable bonds is 6. The van der Waals surface area contributed by atoms with Crippen molar-refractivity contribution in [2.45, 2.75) is 64.6 Å². The molecule has 1 saturated heterocycles. The number of hydrogen-bond donors (Lipinski definition) is 1. The molecule has 0 bridgehead atoms. The Hall–Kier alpha value is -3.28. The molecule has 1 N–H and O–H groups in total. The van der Waals surface area contributed by atoms with E-state index in [-0.39, 0.29) is 23.5 Å². The Kier molecular flexibility index (Phi) is 6.45. The van der Waals surface area contributed by atoms with Gasteiger partial charge >= 0.3 is 0 Å². The van der Waals surface area contributed by atoms with E-state index >= 15 is 0 Å². The number of ether oxygens (including phenoxy) is 2. The first kappa shape index (κ1) is 22.9. The molecule has 0 aromatic heterocycles. The molecule has 6 nitrogen and oxygen atoms in total. The van der Waals surface area contributed by atoms with Crippen LogP contribution in [0.4, 0.5) is 0 Å². The molecule has 1 unspecified atom stereocenters. The number of amides is 1. The predicted octanol–water partition coefficient (Wildman–Crippen LogP) is 5.16. The van der Waals surface area contributed by atoms with Crippen LogP contribution in [0.15, 0.2) is 48.0 Å². The van der Waals surface area contributed by atoms with Crippen LogP contribution in [0.25, 0.3) is 5.76 Å². The van der Waals surface area contributed by atoms with Crippen LogP contribution in [-0.2, 0) is 9.59 Å². The van der Waals surface area contributed by atoms with E-state index in [9.17, 15) is 14.7 Å². The molecular weight excluding hydrogens is 418 g/mol. The van der Waals surface area contributed by atoms with E-state index in [2.05, 4.69) is 0 Å². The first-order valence-corrected chi connectivity index (χ1v) is 11.5. The number of aliphatic hydroxyl groups excluding tert-OH is 1. The minimum Gasteiger partial charge on any atom is -0.507 e. The van der Waals surface area contributed by atoms with E-state index in [0.717, 1.165) is 36.8 Å². The highest BCUT2D eigenvalue weighted by atomic mass is 16.5. The average Bonchev–Trinajstić information content (AvgIpc) is 3.40. The lowest BCUT2D eigenvalue weighted by molar-refractivity contribution is -0.141. The van der Waals surface area contributed by atoms with Crippen molar-refractivity contribution in [1.82, 2.24) is 4.90 Å². The Morgan fingerprint density at radius 1 is 1.09 bits per heavy atom. The summed E-state index contributed by atoms with van der Waals surface area (Å²) in [7, 11) is 1.58. The monoisotopic (exact) mass is 449 g/mol. The fraction of sp³-hybridized carbons (Fsp3) is 0.407. The molecule has 1 amide bonds. The number of carbonyl (C=O) groups is 2. The second kappa shape index (κ2) is 9.30. The second-order valence-corrected chi connectivity index (χ2v) is 9.07. The number of Topliss-reactive ketones (excluding diaryl/α,β-unsaturated/α-hetero) is 1. The molecule has 2 aromatic rings. The molecule has 1 heterocycles. The van der Waals surface area contributed by atoms with E-state index in [1.54, 1.807) is 30.2 Å². The number of aliphatic hydroxyl groups is 1. The van der Waals surface area contributed by atoms with Gasteiger partial charge in [-0.3, -0.25) is 9.59 Å². The van der Waals surface area contributed by atoms with Crippen LogP contribution >= 0.6 is 0 Å². The third kappa shape index (κ3) is 4.34. The predicted molar refractivity (Wildman–Crippen MR) is 126 cm³/mol. The number of hydrogen-bond acceptors (Lipinski definition) is 5. The topological polar surface area (TPSA) is 76.1 Å². The lowest BCUT2D eigenvalue weighted by atomic mass is 9.94. The maximum Gasteiger partial charge on any atom is 0.295 e. The molecule has 1 aliphatic heterocycles. The second-order valence-electron chi connectivity index (χ2n) is 9.07. The minimum atomic E-state index is -0.661. The Bertz CT molecular complexity index is 1100. The van der Waals surface area contributed by atoms with Crippen molar-refractivity contribution in [3.8, 4) is 11.5 Å². The van der Waals surface area contributed by atoms with Gasteiger partial charge in [0.2, 0.25) is 0 Å². The van der Waals surface area contributed by atoms with Crippen molar-refractivity contribution in [2.75, 3.05) is 7.11 Å². The molecule has 1 aliphatic carbocycles. The van der Waals surface area contributed by atoms with Gasteiger partial charge < -0.3 is 19.5 Å². The molecule has 0 radical (unpaired) electrons. The Morgan fingerprint density at radius 3 is 2.45 bits per heavy atom. The van der Waals surface area contributed by atoms with Gasteiger partial charge in [0.15, 0.2) is 0 Å². The smallest absolute Gasteiger partial charge is 0.295 e. The summed E-state index contributed by atoms with van der Waals surface area (Å²) in [4.78, 5) is 28.2. The molecule has 2 fully saturated rings.